The number of esters is 1. The van der Waals surface area contributed by atoms with Crippen molar-refractivity contribution in [3.63, 3.8) is 0 Å². The number of carboxylic acid groups (broad SMARTS) is 1. The lowest BCUT2D eigenvalue weighted by Crippen LogP contribution is -2.30. The summed E-state index contributed by atoms with van der Waals surface area (Å²) in [5.41, 5.74) is 0.0609. The number of nitrogens with zero attached hydrogens (tertiary/aromatic N) is 1. The maximum atomic E-state index is 12.2. The van der Waals surface area contributed by atoms with Crippen LogP contribution in [0.5, 0.6) is 0 Å². The van der Waals surface area contributed by atoms with Gasteiger partial charge in [-0.05, 0) is 39.0 Å². The van der Waals surface area contributed by atoms with Gasteiger partial charge >= 0.3 is 11.9 Å². The third-order valence-corrected chi connectivity index (χ3v) is 4.26. The molecule has 0 amide bonds. The second kappa shape index (κ2) is 6.75. The van der Waals surface area contributed by atoms with Crippen molar-refractivity contribution in [2.45, 2.75) is 32.9 Å². The van der Waals surface area contributed by atoms with Crippen molar-refractivity contribution in [1.29, 1.82) is 0 Å². The molecule has 1 heterocycles. The quantitative estimate of drug-likeness (QED) is 0.752. The van der Waals surface area contributed by atoms with Crippen LogP contribution in [-0.4, -0.2) is 41.4 Å². The van der Waals surface area contributed by atoms with Crippen LogP contribution >= 0.6 is 0 Å². The molecule has 9 heteroatoms. The molecule has 2 rings (SSSR count). The highest BCUT2D eigenvalue weighted by molar-refractivity contribution is 7.93. The Morgan fingerprint density at radius 1 is 1.24 bits per heavy atom. The topological polar surface area (TPSA) is 115 Å². The lowest BCUT2D eigenvalue weighted by Gasteiger charge is -2.19. The minimum Gasteiger partial charge on any atom is -0.480 e. The lowest BCUT2D eigenvalue weighted by molar-refractivity contribution is -0.151. The molecule has 136 valence electrons. The Labute approximate surface area is 145 Å². The van der Waals surface area contributed by atoms with E-state index in [9.17, 15) is 18.0 Å². The van der Waals surface area contributed by atoms with Crippen LogP contribution in [0.1, 0.15) is 20.8 Å². The van der Waals surface area contributed by atoms with E-state index in [4.69, 9.17) is 9.84 Å². The van der Waals surface area contributed by atoms with Crippen LogP contribution in [0.2, 0.25) is 0 Å². The zero-order valence-electron chi connectivity index (χ0n) is 14.1. The van der Waals surface area contributed by atoms with Crippen molar-refractivity contribution in [1.82, 2.24) is 4.57 Å². The Kier molecular flexibility index (Phi) is 5.07. The Morgan fingerprint density at radius 2 is 1.92 bits per heavy atom. The minimum atomic E-state index is -3.96. The molecule has 1 aromatic carbocycles. The standard InChI is InChI=1S/C16H20N2O6S/c1-16(2,3)24-15(21)10-25(22,23)17-12-5-4-6-13-11(12)7-8-18(13)9-14(19)20/h4-8,17H,9-10H2,1-3H3,(H,19,20). The van der Waals surface area contributed by atoms with E-state index in [1.165, 1.54) is 4.57 Å². The average molecular weight is 368 g/mol. The number of carbonyl (C=O) groups excluding carboxylic acids is 1. The summed E-state index contributed by atoms with van der Waals surface area (Å²) in [4.78, 5) is 22.6. The highest BCUT2D eigenvalue weighted by Gasteiger charge is 2.23. The van der Waals surface area contributed by atoms with E-state index in [0.717, 1.165) is 0 Å². The van der Waals surface area contributed by atoms with Gasteiger partial charge in [-0.25, -0.2) is 8.42 Å². The first-order valence-electron chi connectivity index (χ1n) is 7.49. The summed E-state index contributed by atoms with van der Waals surface area (Å²) >= 11 is 0. The van der Waals surface area contributed by atoms with Gasteiger partial charge in [-0.1, -0.05) is 6.07 Å². The van der Waals surface area contributed by atoms with Crippen molar-refractivity contribution in [3.8, 4) is 0 Å². The predicted molar refractivity (Wildman–Crippen MR) is 92.8 cm³/mol. The lowest BCUT2D eigenvalue weighted by atomic mass is 10.2. The van der Waals surface area contributed by atoms with Crippen molar-refractivity contribution in [2.75, 3.05) is 10.5 Å². The summed E-state index contributed by atoms with van der Waals surface area (Å²) in [5.74, 6) is -2.67. The number of sulfonamides is 1. The van der Waals surface area contributed by atoms with Gasteiger partial charge in [0.25, 0.3) is 0 Å². The van der Waals surface area contributed by atoms with Crippen LogP contribution in [0.15, 0.2) is 30.5 Å². The number of hydrogen-bond donors (Lipinski definition) is 2. The molecule has 8 nitrogen and oxygen atoms in total. The van der Waals surface area contributed by atoms with Gasteiger partial charge in [0.05, 0.1) is 11.2 Å². The number of nitrogens with one attached hydrogen (secondary N) is 1. The molecule has 1 aromatic heterocycles. The van der Waals surface area contributed by atoms with Crippen LogP contribution < -0.4 is 4.72 Å². The van der Waals surface area contributed by atoms with Gasteiger partial charge in [-0.15, -0.1) is 0 Å². The van der Waals surface area contributed by atoms with Crippen LogP contribution in [0.3, 0.4) is 0 Å². The van der Waals surface area contributed by atoms with Gasteiger partial charge in [0.1, 0.15) is 12.1 Å². The summed E-state index contributed by atoms with van der Waals surface area (Å²) in [6.45, 7) is 4.71. The van der Waals surface area contributed by atoms with Gasteiger partial charge in [0, 0.05) is 11.6 Å². The molecule has 0 atom stereocenters. The van der Waals surface area contributed by atoms with E-state index in [2.05, 4.69) is 4.72 Å². The SMILES string of the molecule is CC(C)(C)OC(=O)CS(=O)(=O)Nc1cccc2c1ccn2CC(=O)O. The van der Waals surface area contributed by atoms with Crippen molar-refractivity contribution >= 4 is 38.6 Å². The number of ether oxygens (including phenoxy) is 1. The van der Waals surface area contributed by atoms with Crippen LogP contribution in [-0.2, 0) is 30.9 Å². The molecule has 0 aliphatic rings. The molecule has 0 saturated carbocycles. The molecule has 0 radical (unpaired) electrons. The van der Waals surface area contributed by atoms with Gasteiger partial charge < -0.3 is 14.4 Å². The van der Waals surface area contributed by atoms with Gasteiger partial charge in [0.2, 0.25) is 10.0 Å². The molecule has 0 unspecified atom stereocenters. The van der Waals surface area contributed by atoms with Crippen molar-refractivity contribution < 1.29 is 27.9 Å². The first-order chi connectivity index (χ1) is 11.5. The number of carboxylic acids is 1. The third kappa shape index (κ3) is 5.21. The second-order valence-corrected chi connectivity index (χ2v) is 8.25. The highest BCUT2D eigenvalue weighted by atomic mass is 32.2. The van der Waals surface area contributed by atoms with E-state index >= 15 is 0 Å². The van der Waals surface area contributed by atoms with Gasteiger partial charge in [0.15, 0.2) is 5.75 Å². The monoisotopic (exact) mass is 368 g/mol. The molecule has 2 aromatic rings. The first kappa shape index (κ1) is 18.8. The smallest absolute Gasteiger partial charge is 0.323 e. The summed E-state index contributed by atoms with van der Waals surface area (Å²) < 4.78 is 33.3. The molecule has 2 N–H and O–H groups in total. The Morgan fingerprint density at radius 3 is 2.52 bits per heavy atom. The molecule has 0 aliphatic carbocycles. The Hall–Kier alpha value is -2.55. The van der Waals surface area contributed by atoms with Crippen LogP contribution in [0.25, 0.3) is 10.9 Å². The van der Waals surface area contributed by atoms with E-state index in [1.807, 2.05) is 0 Å². The molecule has 0 aliphatic heterocycles. The molecule has 0 bridgehead atoms. The molecule has 0 spiro atoms. The van der Waals surface area contributed by atoms with Crippen LogP contribution in [0, 0.1) is 0 Å². The molecule has 0 saturated heterocycles. The summed E-state index contributed by atoms with van der Waals surface area (Å²) in [6.07, 6.45) is 1.56. The van der Waals surface area contributed by atoms with E-state index in [-0.39, 0.29) is 12.2 Å². The zero-order chi connectivity index (χ0) is 18.8. The highest BCUT2D eigenvalue weighted by Crippen LogP contribution is 2.25. The predicted octanol–water partition coefficient (Wildman–Crippen LogP) is 1.81. The second-order valence-electron chi connectivity index (χ2n) is 6.52. The summed E-state index contributed by atoms with van der Waals surface area (Å²) in [6, 6.07) is 6.44. The fourth-order valence-corrected chi connectivity index (χ4v) is 3.28. The van der Waals surface area contributed by atoms with E-state index in [0.29, 0.717) is 10.9 Å². The van der Waals surface area contributed by atoms with Gasteiger partial charge in [-0.2, -0.15) is 0 Å². The maximum Gasteiger partial charge on any atom is 0.323 e. The normalized spacial score (nSPS) is 12.1. The molecular formula is C16H20N2O6S. The van der Waals surface area contributed by atoms with Crippen LogP contribution in [0.4, 0.5) is 5.69 Å². The minimum absolute atomic E-state index is 0.238. The van der Waals surface area contributed by atoms with E-state index < -0.39 is 33.3 Å². The number of fused-ring (bicyclic) bond motifs is 1. The van der Waals surface area contributed by atoms with E-state index in [1.54, 1.807) is 51.2 Å². The number of rotatable bonds is 6. The molecule has 0 fully saturated rings. The zero-order valence-corrected chi connectivity index (χ0v) is 15.0. The third-order valence-electron chi connectivity index (χ3n) is 3.11. The summed E-state index contributed by atoms with van der Waals surface area (Å²) in [5, 5.41) is 9.45. The fraction of sp³-hybridized carbons (Fsp3) is 0.375. The molecule has 25 heavy (non-hydrogen) atoms. The first-order valence-corrected chi connectivity index (χ1v) is 9.14. The number of benzene rings is 1. The number of aromatic nitrogens is 1. The van der Waals surface area contributed by atoms with Crippen molar-refractivity contribution in [2.24, 2.45) is 0 Å². The number of carbonyl (C=O) groups is 2. The Balaban J connectivity index is 2.23. The van der Waals surface area contributed by atoms with Gasteiger partial charge in [-0.3, -0.25) is 14.3 Å². The number of anilines is 1. The fourth-order valence-electron chi connectivity index (χ4n) is 2.33. The largest absolute Gasteiger partial charge is 0.480 e. The number of aliphatic carboxylic acids is 1. The summed E-state index contributed by atoms with van der Waals surface area (Å²) in [7, 11) is -3.96. The maximum absolute atomic E-state index is 12.2. The Bertz CT molecular complexity index is 908. The van der Waals surface area contributed by atoms with Crippen molar-refractivity contribution in [3.05, 3.63) is 30.5 Å². The number of hydrogen-bond acceptors (Lipinski definition) is 5. The average Bonchev–Trinajstić information content (AvgIpc) is 2.79. The molecular weight excluding hydrogens is 348 g/mol.